The molecule has 180 valence electrons. The van der Waals surface area contributed by atoms with E-state index in [2.05, 4.69) is 53.5 Å². The molecule has 0 saturated carbocycles. The number of carbonyl (C=O) groups excluding carboxylic acids is 2. The molecule has 33 heavy (non-hydrogen) atoms. The van der Waals surface area contributed by atoms with Crippen molar-refractivity contribution in [2.24, 2.45) is 5.92 Å². The molecule has 0 spiro atoms. The minimum Gasteiger partial charge on any atom is -0.356 e. The van der Waals surface area contributed by atoms with Crippen LogP contribution in [0.2, 0.25) is 0 Å². The topological polar surface area (TPSA) is 79.3 Å². The zero-order valence-corrected chi connectivity index (χ0v) is 20.6. The molecule has 2 unspecified atom stereocenters. The summed E-state index contributed by atoms with van der Waals surface area (Å²) in [6.07, 6.45) is 3.89. The molecule has 1 aromatic heterocycles. The van der Waals surface area contributed by atoms with Gasteiger partial charge in [0.15, 0.2) is 0 Å². The lowest BCUT2D eigenvalue weighted by molar-refractivity contribution is -0.130. The molecule has 0 bridgehead atoms. The van der Waals surface area contributed by atoms with Crippen LogP contribution < -0.4 is 10.6 Å². The molecule has 2 amide bonds. The SMILES string of the molecule is CCCCNC(=O)C1CCC(C)N(CC(=O)NCc2c(C)nn(Cc3ccccc3)c2C)C1. The average Bonchev–Trinajstić information content (AvgIpc) is 3.06. The van der Waals surface area contributed by atoms with E-state index in [1.54, 1.807) is 0 Å². The van der Waals surface area contributed by atoms with Crippen LogP contribution in [0.3, 0.4) is 0 Å². The lowest BCUT2D eigenvalue weighted by Gasteiger charge is -2.36. The molecule has 1 aromatic carbocycles. The molecule has 2 atom stereocenters. The standard InChI is InChI=1S/C26H39N5O2/c1-5-6-14-27-26(33)23-13-12-19(2)30(17-23)18-25(32)28-15-24-20(3)29-31(21(24)4)16-22-10-8-7-9-11-22/h7-11,19,23H,5-6,12-18H2,1-4H3,(H,27,33)(H,28,32). The van der Waals surface area contributed by atoms with E-state index >= 15 is 0 Å². The summed E-state index contributed by atoms with van der Waals surface area (Å²) in [6.45, 7) is 11.2. The Morgan fingerprint density at radius 2 is 1.88 bits per heavy atom. The van der Waals surface area contributed by atoms with Gasteiger partial charge in [0.05, 0.1) is 24.7 Å². The second-order valence-corrected chi connectivity index (χ2v) is 9.27. The molecule has 0 aliphatic carbocycles. The summed E-state index contributed by atoms with van der Waals surface area (Å²) in [4.78, 5) is 27.4. The van der Waals surface area contributed by atoms with Gasteiger partial charge in [0.1, 0.15) is 0 Å². The van der Waals surface area contributed by atoms with Gasteiger partial charge in [0.2, 0.25) is 11.8 Å². The number of piperidine rings is 1. The number of unbranched alkanes of at least 4 members (excludes halogenated alkanes) is 1. The number of amides is 2. The Labute approximate surface area is 197 Å². The van der Waals surface area contributed by atoms with Crippen molar-refractivity contribution in [1.29, 1.82) is 0 Å². The van der Waals surface area contributed by atoms with Crippen molar-refractivity contribution in [3.8, 4) is 0 Å². The van der Waals surface area contributed by atoms with Gasteiger partial charge in [-0.3, -0.25) is 19.2 Å². The van der Waals surface area contributed by atoms with E-state index in [9.17, 15) is 9.59 Å². The predicted octanol–water partition coefficient (Wildman–Crippen LogP) is 3.18. The zero-order chi connectivity index (χ0) is 23.8. The van der Waals surface area contributed by atoms with E-state index in [0.717, 1.165) is 49.2 Å². The normalized spacial score (nSPS) is 18.8. The Hall–Kier alpha value is -2.67. The number of hydrogen-bond acceptors (Lipinski definition) is 4. The first kappa shape index (κ1) is 25.0. The van der Waals surface area contributed by atoms with E-state index < -0.39 is 0 Å². The van der Waals surface area contributed by atoms with Crippen molar-refractivity contribution in [1.82, 2.24) is 25.3 Å². The molecule has 3 rings (SSSR count). The van der Waals surface area contributed by atoms with E-state index in [1.807, 2.05) is 29.8 Å². The summed E-state index contributed by atoms with van der Waals surface area (Å²) in [7, 11) is 0. The van der Waals surface area contributed by atoms with Gasteiger partial charge in [0.25, 0.3) is 0 Å². The van der Waals surface area contributed by atoms with Crippen LogP contribution >= 0.6 is 0 Å². The van der Waals surface area contributed by atoms with Crippen LogP contribution in [0.15, 0.2) is 30.3 Å². The number of aryl methyl sites for hydroxylation is 1. The van der Waals surface area contributed by atoms with Crippen LogP contribution in [-0.4, -0.2) is 52.2 Å². The van der Waals surface area contributed by atoms with E-state index in [0.29, 0.717) is 32.2 Å². The highest BCUT2D eigenvalue weighted by atomic mass is 16.2. The van der Waals surface area contributed by atoms with Gasteiger partial charge in [-0.05, 0) is 45.6 Å². The van der Waals surface area contributed by atoms with Crippen molar-refractivity contribution >= 4 is 11.8 Å². The molecule has 1 aliphatic heterocycles. The molecule has 1 saturated heterocycles. The third kappa shape index (κ3) is 6.90. The fraction of sp³-hybridized carbons (Fsp3) is 0.577. The molecular formula is C26H39N5O2. The van der Waals surface area contributed by atoms with Crippen LogP contribution in [0, 0.1) is 19.8 Å². The van der Waals surface area contributed by atoms with Gasteiger partial charge in [0, 0.05) is 36.9 Å². The Kier molecular flexibility index (Phi) is 9.06. The quantitative estimate of drug-likeness (QED) is 0.542. The van der Waals surface area contributed by atoms with Crippen LogP contribution in [0.4, 0.5) is 0 Å². The zero-order valence-electron chi connectivity index (χ0n) is 20.6. The lowest BCUT2D eigenvalue weighted by Crippen LogP contribution is -2.50. The van der Waals surface area contributed by atoms with Crippen molar-refractivity contribution in [3.05, 3.63) is 52.8 Å². The highest BCUT2D eigenvalue weighted by molar-refractivity contribution is 5.80. The van der Waals surface area contributed by atoms with Crippen molar-refractivity contribution in [2.45, 2.75) is 72.5 Å². The summed E-state index contributed by atoms with van der Waals surface area (Å²) in [5.74, 6) is 0.0768. The second kappa shape index (κ2) is 12.0. The molecular weight excluding hydrogens is 414 g/mol. The first-order chi connectivity index (χ1) is 15.9. The smallest absolute Gasteiger partial charge is 0.234 e. The Balaban J connectivity index is 1.52. The highest BCUT2D eigenvalue weighted by Crippen LogP contribution is 2.22. The average molecular weight is 454 g/mol. The van der Waals surface area contributed by atoms with Crippen LogP contribution in [-0.2, 0) is 22.7 Å². The number of aromatic nitrogens is 2. The van der Waals surface area contributed by atoms with E-state index in [1.165, 1.54) is 5.56 Å². The first-order valence-corrected chi connectivity index (χ1v) is 12.2. The number of likely N-dealkylation sites (tertiary alicyclic amines) is 1. The Morgan fingerprint density at radius 3 is 2.61 bits per heavy atom. The number of rotatable bonds is 10. The summed E-state index contributed by atoms with van der Waals surface area (Å²) in [6, 6.07) is 10.6. The fourth-order valence-corrected chi connectivity index (χ4v) is 4.47. The molecule has 7 heteroatoms. The minimum atomic E-state index is -0.0356. The summed E-state index contributed by atoms with van der Waals surface area (Å²) >= 11 is 0. The van der Waals surface area contributed by atoms with Crippen LogP contribution in [0.5, 0.6) is 0 Å². The minimum absolute atomic E-state index is 0.0106. The van der Waals surface area contributed by atoms with Crippen molar-refractivity contribution in [3.63, 3.8) is 0 Å². The summed E-state index contributed by atoms with van der Waals surface area (Å²) in [5, 5.41) is 10.8. The first-order valence-electron chi connectivity index (χ1n) is 12.2. The van der Waals surface area contributed by atoms with Crippen LogP contribution in [0.25, 0.3) is 0 Å². The number of hydrogen-bond donors (Lipinski definition) is 2. The summed E-state index contributed by atoms with van der Waals surface area (Å²) in [5.41, 5.74) is 4.29. The van der Waals surface area contributed by atoms with Gasteiger partial charge in [-0.15, -0.1) is 0 Å². The fourth-order valence-electron chi connectivity index (χ4n) is 4.47. The van der Waals surface area contributed by atoms with Gasteiger partial charge >= 0.3 is 0 Å². The number of benzene rings is 1. The molecule has 0 radical (unpaired) electrons. The van der Waals surface area contributed by atoms with Crippen molar-refractivity contribution < 1.29 is 9.59 Å². The lowest BCUT2D eigenvalue weighted by atomic mass is 9.92. The van der Waals surface area contributed by atoms with Gasteiger partial charge < -0.3 is 10.6 Å². The van der Waals surface area contributed by atoms with Gasteiger partial charge in [-0.25, -0.2) is 0 Å². The maximum Gasteiger partial charge on any atom is 0.234 e. The number of carbonyl (C=O) groups is 2. The maximum absolute atomic E-state index is 12.8. The maximum atomic E-state index is 12.8. The third-order valence-electron chi connectivity index (χ3n) is 6.73. The monoisotopic (exact) mass is 453 g/mol. The van der Waals surface area contributed by atoms with E-state index in [-0.39, 0.29) is 17.7 Å². The highest BCUT2D eigenvalue weighted by Gasteiger charge is 2.30. The van der Waals surface area contributed by atoms with Gasteiger partial charge in [-0.1, -0.05) is 43.7 Å². The summed E-state index contributed by atoms with van der Waals surface area (Å²) < 4.78 is 2.00. The molecule has 7 nitrogen and oxygen atoms in total. The van der Waals surface area contributed by atoms with E-state index in [4.69, 9.17) is 0 Å². The third-order valence-corrected chi connectivity index (χ3v) is 6.73. The molecule has 2 aromatic rings. The van der Waals surface area contributed by atoms with Crippen LogP contribution in [0.1, 0.15) is 62.0 Å². The number of nitrogens with zero attached hydrogens (tertiary/aromatic N) is 3. The second-order valence-electron chi connectivity index (χ2n) is 9.27. The molecule has 1 fully saturated rings. The Bertz CT molecular complexity index is 924. The van der Waals surface area contributed by atoms with Gasteiger partial charge in [-0.2, -0.15) is 5.10 Å². The van der Waals surface area contributed by atoms with Crippen molar-refractivity contribution in [2.75, 3.05) is 19.6 Å². The Morgan fingerprint density at radius 1 is 1.12 bits per heavy atom. The molecule has 1 aliphatic rings. The number of nitrogens with one attached hydrogen (secondary N) is 2. The predicted molar refractivity (Wildman–Crippen MR) is 131 cm³/mol. The molecule has 2 heterocycles. The largest absolute Gasteiger partial charge is 0.356 e. The molecule has 2 N–H and O–H groups in total.